The van der Waals surface area contributed by atoms with Crippen LogP contribution in [0.5, 0.6) is 0 Å². The van der Waals surface area contributed by atoms with Crippen molar-refractivity contribution in [2.24, 2.45) is 10.2 Å². The third-order valence-electron chi connectivity index (χ3n) is 1.57. The molecule has 4 nitrogen and oxygen atoms in total. The van der Waals surface area contributed by atoms with Gasteiger partial charge in [0.1, 0.15) is 6.26 Å². The predicted molar refractivity (Wildman–Crippen MR) is 44.4 cm³/mol. The third-order valence-corrected chi connectivity index (χ3v) is 1.57. The molecule has 0 unspecified atom stereocenters. The average Bonchev–Trinajstić information content (AvgIpc) is 2.05. The van der Waals surface area contributed by atoms with E-state index >= 15 is 0 Å². The molecule has 1 rings (SSSR count). The lowest BCUT2D eigenvalue weighted by molar-refractivity contribution is -0.249. The SMILES string of the molecule is C1=C\OOCCCCCCN=N/1. The van der Waals surface area contributed by atoms with Crippen LogP contribution in [0.1, 0.15) is 25.7 Å². The van der Waals surface area contributed by atoms with Gasteiger partial charge in [0.25, 0.3) is 0 Å². The average molecular weight is 170 g/mol. The van der Waals surface area contributed by atoms with E-state index in [-0.39, 0.29) is 0 Å². The highest BCUT2D eigenvalue weighted by Crippen LogP contribution is 2.01. The summed E-state index contributed by atoms with van der Waals surface area (Å²) in [6, 6.07) is 0. The molecule has 0 aromatic carbocycles. The summed E-state index contributed by atoms with van der Waals surface area (Å²) in [6.07, 6.45) is 7.39. The van der Waals surface area contributed by atoms with Crippen LogP contribution < -0.4 is 0 Å². The van der Waals surface area contributed by atoms with Gasteiger partial charge in [-0.2, -0.15) is 15.1 Å². The zero-order valence-electron chi connectivity index (χ0n) is 7.11. The Labute approximate surface area is 72.2 Å². The molecule has 0 radical (unpaired) electrons. The molecule has 0 aromatic heterocycles. The summed E-state index contributed by atoms with van der Waals surface area (Å²) in [6.45, 7) is 1.46. The second-order valence-electron chi connectivity index (χ2n) is 2.60. The van der Waals surface area contributed by atoms with E-state index < -0.39 is 0 Å². The molecule has 4 heteroatoms. The normalized spacial score (nSPS) is 23.3. The van der Waals surface area contributed by atoms with E-state index in [1.54, 1.807) is 0 Å². The van der Waals surface area contributed by atoms with Crippen LogP contribution in [0.4, 0.5) is 0 Å². The molecular formula is C8H14N2O2. The van der Waals surface area contributed by atoms with Gasteiger partial charge in [-0.05, 0) is 12.8 Å². The minimum atomic E-state index is 0.654. The molecule has 0 aromatic rings. The van der Waals surface area contributed by atoms with Crippen molar-refractivity contribution in [2.75, 3.05) is 13.2 Å². The highest BCUT2D eigenvalue weighted by Gasteiger charge is 1.91. The molecule has 68 valence electrons. The van der Waals surface area contributed by atoms with Crippen LogP contribution in [0.2, 0.25) is 0 Å². The highest BCUT2D eigenvalue weighted by molar-refractivity contribution is 4.66. The molecule has 0 spiro atoms. The van der Waals surface area contributed by atoms with Gasteiger partial charge in [0.05, 0.1) is 19.4 Å². The van der Waals surface area contributed by atoms with Crippen molar-refractivity contribution < 1.29 is 9.78 Å². The van der Waals surface area contributed by atoms with Crippen LogP contribution in [-0.4, -0.2) is 13.2 Å². The summed E-state index contributed by atoms with van der Waals surface area (Å²) in [4.78, 5) is 9.49. The molecule has 0 aliphatic carbocycles. The Morgan fingerprint density at radius 2 is 2.00 bits per heavy atom. The van der Waals surface area contributed by atoms with Gasteiger partial charge in [-0.25, -0.2) is 0 Å². The lowest BCUT2D eigenvalue weighted by atomic mass is 10.2. The predicted octanol–water partition coefficient (Wildman–Crippen LogP) is 2.43. The van der Waals surface area contributed by atoms with Crippen molar-refractivity contribution in [3.05, 3.63) is 12.5 Å². The summed E-state index contributed by atoms with van der Waals surface area (Å²) >= 11 is 0. The van der Waals surface area contributed by atoms with E-state index in [1.165, 1.54) is 25.3 Å². The molecular weight excluding hydrogens is 156 g/mol. The fourth-order valence-electron chi connectivity index (χ4n) is 0.941. The first-order chi connectivity index (χ1) is 6.00. The minimum absolute atomic E-state index is 0.654. The van der Waals surface area contributed by atoms with Gasteiger partial charge in [-0.3, -0.25) is 0 Å². The Bertz CT molecular complexity index is 139. The molecule has 0 amide bonds. The molecule has 0 atom stereocenters. The lowest BCUT2D eigenvalue weighted by Crippen LogP contribution is -1.93. The summed E-state index contributed by atoms with van der Waals surface area (Å²) in [5, 5.41) is 7.65. The van der Waals surface area contributed by atoms with E-state index in [0.29, 0.717) is 6.61 Å². The van der Waals surface area contributed by atoms with Crippen molar-refractivity contribution in [1.29, 1.82) is 0 Å². The van der Waals surface area contributed by atoms with Crippen molar-refractivity contribution in [1.82, 2.24) is 0 Å². The Kier molecular flexibility index (Phi) is 5.20. The Hall–Kier alpha value is -0.900. The molecule has 0 bridgehead atoms. The van der Waals surface area contributed by atoms with E-state index in [2.05, 4.69) is 15.1 Å². The highest BCUT2D eigenvalue weighted by atomic mass is 17.2. The smallest absolute Gasteiger partial charge is 0.149 e. The van der Waals surface area contributed by atoms with Gasteiger partial charge in [-0.1, -0.05) is 12.8 Å². The Balaban J connectivity index is 2.21. The van der Waals surface area contributed by atoms with Crippen LogP contribution in [0.25, 0.3) is 0 Å². The Morgan fingerprint density at radius 1 is 1.08 bits per heavy atom. The molecule has 1 aliphatic heterocycles. The molecule has 0 fully saturated rings. The van der Waals surface area contributed by atoms with Gasteiger partial charge in [-0.15, -0.1) is 0 Å². The molecule has 0 N–H and O–H groups in total. The second kappa shape index (κ2) is 6.79. The second-order valence-corrected chi connectivity index (χ2v) is 2.60. The standard InChI is InChI=1S/C8H14N2O2/c1-2-4-7-11-12-8-6-10-9-5-3-1/h6,8H,1-5,7H2/b8-6-,10-9?. The van der Waals surface area contributed by atoms with Gasteiger partial charge in [0.15, 0.2) is 0 Å². The molecule has 0 saturated heterocycles. The van der Waals surface area contributed by atoms with Crippen LogP contribution in [0.15, 0.2) is 22.7 Å². The summed E-state index contributed by atoms with van der Waals surface area (Å²) < 4.78 is 0. The zero-order chi connectivity index (χ0) is 8.49. The van der Waals surface area contributed by atoms with Gasteiger partial charge in [0.2, 0.25) is 0 Å². The monoisotopic (exact) mass is 170 g/mol. The molecule has 1 heterocycles. The van der Waals surface area contributed by atoms with Crippen molar-refractivity contribution in [3.63, 3.8) is 0 Å². The van der Waals surface area contributed by atoms with Crippen LogP contribution in [0, 0.1) is 0 Å². The van der Waals surface area contributed by atoms with Crippen molar-refractivity contribution in [2.45, 2.75) is 25.7 Å². The summed E-state index contributed by atoms with van der Waals surface area (Å²) in [5.74, 6) is 0. The maximum Gasteiger partial charge on any atom is 0.149 e. The molecule has 12 heavy (non-hydrogen) atoms. The summed E-state index contributed by atoms with van der Waals surface area (Å²) in [7, 11) is 0. The third kappa shape index (κ3) is 4.85. The fourth-order valence-corrected chi connectivity index (χ4v) is 0.941. The van der Waals surface area contributed by atoms with Crippen molar-refractivity contribution >= 4 is 0 Å². The molecule has 1 aliphatic rings. The zero-order valence-corrected chi connectivity index (χ0v) is 7.11. The maximum absolute atomic E-state index is 4.82. The number of hydrogen-bond donors (Lipinski definition) is 0. The number of azo groups is 1. The van der Waals surface area contributed by atoms with E-state index in [9.17, 15) is 0 Å². The van der Waals surface area contributed by atoms with Crippen LogP contribution in [-0.2, 0) is 9.78 Å². The van der Waals surface area contributed by atoms with Crippen LogP contribution in [0.3, 0.4) is 0 Å². The number of nitrogens with zero attached hydrogens (tertiary/aromatic N) is 2. The quantitative estimate of drug-likeness (QED) is 0.524. The van der Waals surface area contributed by atoms with Gasteiger partial charge < -0.3 is 4.89 Å². The first-order valence-corrected chi connectivity index (χ1v) is 4.30. The largest absolute Gasteiger partial charge is 0.344 e. The van der Waals surface area contributed by atoms with E-state index in [4.69, 9.17) is 4.89 Å². The maximum atomic E-state index is 4.82. The number of rotatable bonds is 0. The van der Waals surface area contributed by atoms with E-state index in [1.807, 2.05) is 0 Å². The van der Waals surface area contributed by atoms with Gasteiger partial charge in [0, 0.05) is 0 Å². The van der Waals surface area contributed by atoms with Crippen molar-refractivity contribution in [3.8, 4) is 0 Å². The Morgan fingerprint density at radius 3 is 3.00 bits per heavy atom. The summed E-state index contributed by atoms with van der Waals surface area (Å²) in [5.41, 5.74) is 0. The first kappa shape index (κ1) is 9.19. The number of hydrogen-bond acceptors (Lipinski definition) is 4. The van der Waals surface area contributed by atoms with Gasteiger partial charge >= 0.3 is 0 Å². The first-order valence-electron chi connectivity index (χ1n) is 4.30. The topological polar surface area (TPSA) is 43.2 Å². The van der Waals surface area contributed by atoms with E-state index in [0.717, 1.165) is 19.4 Å². The lowest BCUT2D eigenvalue weighted by Gasteiger charge is -2.01. The fraction of sp³-hybridized carbons (Fsp3) is 0.750. The molecule has 0 saturated carbocycles. The minimum Gasteiger partial charge on any atom is -0.344 e. The van der Waals surface area contributed by atoms with Crippen LogP contribution >= 0.6 is 0 Å².